The van der Waals surface area contributed by atoms with E-state index in [1.165, 1.54) is 6.42 Å². The van der Waals surface area contributed by atoms with E-state index < -0.39 is 11.5 Å². The number of nitrogens with two attached hydrogens (primary N) is 1. The molecule has 2 atom stereocenters. The minimum Gasteiger partial charge on any atom is -0.460 e. The number of hydrogen-bond acceptors (Lipinski definition) is 4. The summed E-state index contributed by atoms with van der Waals surface area (Å²) in [7, 11) is 0. The molecular weight excluding hydrogens is 206 g/mol. The lowest BCUT2D eigenvalue weighted by molar-refractivity contribution is -0.163. The van der Waals surface area contributed by atoms with Gasteiger partial charge < -0.3 is 15.6 Å². The number of rotatable bonds is 4. The quantitative estimate of drug-likeness (QED) is 0.707. The summed E-state index contributed by atoms with van der Waals surface area (Å²) in [6.45, 7) is 5.21. The lowest BCUT2D eigenvalue weighted by Crippen LogP contribution is -2.47. The van der Waals surface area contributed by atoms with E-state index in [0.717, 1.165) is 12.8 Å². The second kappa shape index (κ2) is 5.15. The SMILES string of the molecule is CC(C)(C)OC(=O)C(CO)C(N)C1CCC1. The highest BCUT2D eigenvalue weighted by atomic mass is 16.6. The molecule has 4 heteroatoms. The summed E-state index contributed by atoms with van der Waals surface area (Å²) in [6.07, 6.45) is 3.28. The molecule has 0 aromatic rings. The van der Waals surface area contributed by atoms with Gasteiger partial charge in [0.15, 0.2) is 0 Å². The van der Waals surface area contributed by atoms with Crippen molar-refractivity contribution in [1.82, 2.24) is 0 Å². The van der Waals surface area contributed by atoms with Gasteiger partial charge in [-0.25, -0.2) is 0 Å². The van der Waals surface area contributed by atoms with Crippen LogP contribution in [0.1, 0.15) is 40.0 Å². The Kier molecular flexibility index (Phi) is 4.33. The second-order valence-electron chi connectivity index (χ2n) is 5.59. The first-order valence-corrected chi connectivity index (χ1v) is 5.94. The second-order valence-corrected chi connectivity index (χ2v) is 5.59. The molecule has 94 valence electrons. The Morgan fingerprint density at radius 3 is 2.38 bits per heavy atom. The van der Waals surface area contributed by atoms with Gasteiger partial charge in [-0.15, -0.1) is 0 Å². The first kappa shape index (κ1) is 13.5. The van der Waals surface area contributed by atoms with Crippen molar-refractivity contribution in [1.29, 1.82) is 0 Å². The lowest BCUT2D eigenvalue weighted by Gasteiger charge is -2.35. The molecule has 0 saturated heterocycles. The third kappa shape index (κ3) is 3.46. The maximum Gasteiger partial charge on any atom is 0.313 e. The average molecular weight is 229 g/mol. The molecule has 1 aliphatic carbocycles. The molecule has 0 aromatic carbocycles. The highest BCUT2D eigenvalue weighted by Gasteiger charge is 2.36. The van der Waals surface area contributed by atoms with Crippen LogP contribution in [0.4, 0.5) is 0 Å². The van der Waals surface area contributed by atoms with Crippen LogP contribution in [-0.4, -0.2) is 29.3 Å². The van der Waals surface area contributed by atoms with Gasteiger partial charge in [0.25, 0.3) is 0 Å². The topological polar surface area (TPSA) is 72.5 Å². The molecular formula is C12H23NO3. The lowest BCUT2D eigenvalue weighted by atomic mass is 9.75. The maximum atomic E-state index is 11.8. The fourth-order valence-corrected chi connectivity index (χ4v) is 1.88. The summed E-state index contributed by atoms with van der Waals surface area (Å²) >= 11 is 0. The molecule has 1 rings (SSSR count). The van der Waals surface area contributed by atoms with E-state index in [9.17, 15) is 9.90 Å². The zero-order valence-corrected chi connectivity index (χ0v) is 10.4. The first-order valence-electron chi connectivity index (χ1n) is 5.94. The third-order valence-corrected chi connectivity index (χ3v) is 3.07. The number of hydrogen-bond donors (Lipinski definition) is 2. The summed E-state index contributed by atoms with van der Waals surface area (Å²) in [4.78, 5) is 11.8. The van der Waals surface area contributed by atoms with Gasteiger partial charge in [0.2, 0.25) is 0 Å². The van der Waals surface area contributed by atoms with Crippen LogP contribution in [0.15, 0.2) is 0 Å². The Hall–Kier alpha value is -0.610. The minimum atomic E-state index is -0.579. The van der Waals surface area contributed by atoms with Gasteiger partial charge >= 0.3 is 5.97 Å². The van der Waals surface area contributed by atoms with Crippen LogP contribution in [0.2, 0.25) is 0 Å². The normalized spacial score (nSPS) is 21.1. The molecule has 0 aliphatic heterocycles. The Balaban J connectivity index is 2.55. The van der Waals surface area contributed by atoms with E-state index in [1.54, 1.807) is 0 Å². The van der Waals surface area contributed by atoms with Gasteiger partial charge in [-0.1, -0.05) is 6.42 Å². The molecule has 0 amide bonds. The van der Waals surface area contributed by atoms with E-state index in [-0.39, 0.29) is 18.6 Å². The molecule has 3 N–H and O–H groups in total. The van der Waals surface area contributed by atoms with Crippen LogP contribution in [0.3, 0.4) is 0 Å². The Morgan fingerprint density at radius 2 is 2.06 bits per heavy atom. The van der Waals surface area contributed by atoms with Crippen molar-refractivity contribution >= 4 is 5.97 Å². The predicted octanol–water partition coefficient (Wildman–Crippen LogP) is 1.06. The van der Waals surface area contributed by atoms with Gasteiger partial charge in [0, 0.05) is 6.04 Å². The largest absolute Gasteiger partial charge is 0.460 e. The summed E-state index contributed by atoms with van der Waals surface area (Å²) in [5, 5.41) is 9.25. The fourth-order valence-electron chi connectivity index (χ4n) is 1.88. The maximum absolute atomic E-state index is 11.8. The van der Waals surface area contributed by atoms with E-state index in [1.807, 2.05) is 20.8 Å². The Bertz CT molecular complexity index is 243. The van der Waals surface area contributed by atoms with Crippen molar-refractivity contribution in [3.63, 3.8) is 0 Å². The molecule has 0 aromatic heterocycles. The van der Waals surface area contributed by atoms with Crippen molar-refractivity contribution in [2.24, 2.45) is 17.6 Å². The van der Waals surface area contributed by atoms with Crippen molar-refractivity contribution < 1.29 is 14.6 Å². The molecule has 1 aliphatic rings. The number of aliphatic hydroxyl groups is 1. The third-order valence-electron chi connectivity index (χ3n) is 3.07. The predicted molar refractivity (Wildman–Crippen MR) is 61.7 cm³/mol. The van der Waals surface area contributed by atoms with Crippen molar-refractivity contribution in [2.75, 3.05) is 6.61 Å². The van der Waals surface area contributed by atoms with E-state index >= 15 is 0 Å². The standard InChI is InChI=1S/C12H23NO3/c1-12(2,3)16-11(15)9(7-14)10(13)8-5-4-6-8/h8-10,14H,4-7,13H2,1-3H3. The van der Waals surface area contributed by atoms with Gasteiger partial charge in [-0.05, 0) is 39.5 Å². The summed E-state index contributed by atoms with van der Waals surface area (Å²) in [6, 6.07) is -0.270. The van der Waals surface area contributed by atoms with Crippen LogP contribution >= 0.6 is 0 Å². The minimum absolute atomic E-state index is 0.230. The zero-order chi connectivity index (χ0) is 12.3. The number of esters is 1. The van der Waals surface area contributed by atoms with Gasteiger partial charge in [-0.3, -0.25) is 4.79 Å². The fraction of sp³-hybridized carbons (Fsp3) is 0.917. The van der Waals surface area contributed by atoms with Crippen molar-refractivity contribution in [2.45, 2.75) is 51.7 Å². The smallest absolute Gasteiger partial charge is 0.313 e. The van der Waals surface area contributed by atoms with Gasteiger partial charge in [-0.2, -0.15) is 0 Å². The zero-order valence-electron chi connectivity index (χ0n) is 10.4. The molecule has 1 fully saturated rings. The summed E-state index contributed by atoms with van der Waals surface area (Å²) < 4.78 is 5.25. The summed E-state index contributed by atoms with van der Waals surface area (Å²) in [5.41, 5.74) is 5.47. The van der Waals surface area contributed by atoms with Crippen LogP contribution in [0, 0.1) is 11.8 Å². The summed E-state index contributed by atoms with van der Waals surface area (Å²) in [5.74, 6) is -0.594. The van der Waals surface area contributed by atoms with Gasteiger partial charge in [0.05, 0.1) is 12.5 Å². The molecule has 16 heavy (non-hydrogen) atoms. The Labute approximate surface area is 97.2 Å². The average Bonchev–Trinajstić information content (AvgIpc) is 1.97. The van der Waals surface area contributed by atoms with Crippen LogP contribution in [0.25, 0.3) is 0 Å². The van der Waals surface area contributed by atoms with E-state index in [2.05, 4.69) is 0 Å². The highest BCUT2D eigenvalue weighted by Crippen LogP contribution is 2.32. The molecule has 4 nitrogen and oxygen atoms in total. The Morgan fingerprint density at radius 1 is 1.50 bits per heavy atom. The number of ether oxygens (including phenoxy) is 1. The molecule has 0 heterocycles. The van der Waals surface area contributed by atoms with Crippen molar-refractivity contribution in [3.8, 4) is 0 Å². The van der Waals surface area contributed by atoms with Crippen LogP contribution in [0.5, 0.6) is 0 Å². The number of carbonyl (C=O) groups excluding carboxylic acids is 1. The van der Waals surface area contributed by atoms with Crippen LogP contribution in [-0.2, 0) is 9.53 Å². The van der Waals surface area contributed by atoms with Crippen molar-refractivity contribution in [3.05, 3.63) is 0 Å². The molecule has 0 spiro atoms. The van der Waals surface area contributed by atoms with Crippen LogP contribution < -0.4 is 5.73 Å². The van der Waals surface area contributed by atoms with Gasteiger partial charge in [0.1, 0.15) is 5.60 Å². The molecule has 0 radical (unpaired) electrons. The molecule has 0 bridgehead atoms. The van der Waals surface area contributed by atoms with E-state index in [4.69, 9.17) is 10.5 Å². The first-order chi connectivity index (χ1) is 7.35. The highest BCUT2D eigenvalue weighted by molar-refractivity contribution is 5.74. The molecule has 2 unspecified atom stereocenters. The number of aliphatic hydroxyl groups excluding tert-OH is 1. The molecule has 1 saturated carbocycles. The number of carbonyl (C=O) groups is 1. The monoisotopic (exact) mass is 229 g/mol. The van der Waals surface area contributed by atoms with E-state index in [0.29, 0.717) is 5.92 Å².